The van der Waals surface area contributed by atoms with Gasteiger partial charge in [-0.2, -0.15) is 0 Å². The Hall–Kier alpha value is -1.95. The summed E-state index contributed by atoms with van der Waals surface area (Å²) in [4.78, 5) is 12.3. The van der Waals surface area contributed by atoms with Crippen LogP contribution in [0.1, 0.15) is 23.2 Å². The van der Waals surface area contributed by atoms with Crippen molar-refractivity contribution < 1.29 is 13.6 Å². The Balaban J connectivity index is 1.82. The van der Waals surface area contributed by atoms with E-state index in [2.05, 4.69) is 5.32 Å². The highest BCUT2D eigenvalue weighted by Crippen LogP contribution is 2.32. The predicted octanol–water partition coefficient (Wildman–Crippen LogP) is 2.37. The summed E-state index contributed by atoms with van der Waals surface area (Å²) in [5, 5.41) is 3.78. The van der Waals surface area contributed by atoms with Gasteiger partial charge in [0.2, 0.25) is 0 Å². The number of nitrogens with zero attached hydrogens (tertiary/aromatic N) is 1. The van der Waals surface area contributed by atoms with E-state index >= 15 is 0 Å². The average Bonchev–Trinajstić information content (AvgIpc) is 3.27. The Morgan fingerprint density at radius 3 is 2.77 bits per heavy atom. The van der Waals surface area contributed by atoms with Crippen LogP contribution >= 0.6 is 0 Å². The SMILES string of the molecule is NCC(NC(=O)c1ccc2ccn(CC(F)F)c2c1)C1CC1. The molecule has 1 saturated carbocycles. The molecule has 0 saturated heterocycles. The molecule has 1 unspecified atom stereocenters. The van der Waals surface area contributed by atoms with Crippen LogP contribution in [0.5, 0.6) is 0 Å². The van der Waals surface area contributed by atoms with Crippen molar-refractivity contribution in [2.45, 2.75) is 31.9 Å². The van der Waals surface area contributed by atoms with E-state index in [9.17, 15) is 13.6 Å². The van der Waals surface area contributed by atoms with Gasteiger partial charge in [0.05, 0.1) is 6.54 Å². The molecule has 1 aliphatic carbocycles. The van der Waals surface area contributed by atoms with Crippen LogP contribution in [0.25, 0.3) is 10.9 Å². The number of amides is 1. The Labute approximate surface area is 127 Å². The molecule has 6 heteroatoms. The molecule has 1 aromatic heterocycles. The van der Waals surface area contributed by atoms with Gasteiger partial charge in [0, 0.05) is 29.9 Å². The van der Waals surface area contributed by atoms with E-state index in [-0.39, 0.29) is 18.5 Å². The van der Waals surface area contributed by atoms with Gasteiger partial charge >= 0.3 is 0 Å². The summed E-state index contributed by atoms with van der Waals surface area (Å²) in [7, 11) is 0. The summed E-state index contributed by atoms with van der Waals surface area (Å²) in [6, 6.07) is 6.92. The fourth-order valence-corrected chi connectivity index (χ4v) is 2.75. The standard InChI is InChI=1S/C16H19F2N3O/c17-15(18)9-21-6-5-11-3-4-12(7-14(11)21)16(22)20-13(8-19)10-1-2-10/h3-7,10,13,15H,1-2,8-9,19H2,(H,20,22). The first kappa shape index (κ1) is 15.0. The summed E-state index contributed by atoms with van der Waals surface area (Å²) >= 11 is 0. The average molecular weight is 307 g/mol. The summed E-state index contributed by atoms with van der Waals surface area (Å²) in [5.74, 6) is 0.273. The van der Waals surface area contributed by atoms with Gasteiger partial charge in [-0.25, -0.2) is 8.78 Å². The third kappa shape index (κ3) is 3.11. The number of hydrogen-bond acceptors (Lipinski definition) is 2. The van der Waals surface area contributed by atoms with Crippen molar-refractivity contribution in [1.82, 2.24) is 9.88 Å². The maximum atomic E-state index is 12.6. The molecule has 0 spiro atoms. The molecule has 0 aliphatic heterocycles. The van der Waals surface area contributed by atoms with E-state index < -0.39 is 6.43 Å². The van der Waals surface area contributed by atoms with Gasteiger partial charge in [-0.05, 0) is 42.3 Å². The van der Waals surface area contributed by atoms with Gasteiger partial charge in [-0.1, -0.05) is 6.07 Å². The molecule has 1 heterocycles. The van der Waals surface area contributed by atoms with Crippen LogP contribution in [0.15, 0.2) is 30.5 Å². The van der Waals surface area contributed by atoms with Crippen LogP contribution in [0.3, 0.4) is 0 Å². The van der Waals surface area contributed by atoms with Gasteiger partial charge in [-0.15, -0.1) is 0 Å². The third-order valence-corrected chi connectivity index (χ3v) is 4.13. The number of aromatic nitrogens is 1. The third-order valence-electron chi connectivity index (χ3n) is 4.13. The molecular formula is C16H19F2N3O. The van der Waals surface area contributed by atoms with Gasteiger partial charge in [0.25, 0.3) is 12.3 Å². The van der Waals surface area contributed by atoms with E-state index in [4.69, 9.17) is 5.73 Å². The largest absolute Gasteiger partial charge is 0.348 e. The van der Waals surface area contributed by atoms with Gasteiger partial charge < -0.3 is 15.6 Å². The molecular weight excluding hydrogens is 288 g/mol. The molecule has 1 aliphatic rings. The van der Waals surface area contributed by atoms with Crippen molar-refractivity contribution in [3.05, 3.63) is 36.0 Å². The first-order valence-corrected chi connectivity index (χ1v) is 7.46. The zero-order chi connectivity index (χ0) is 15.7. The normalized spacial score (nSPS) is 16.2. The molecule has 1 atom stereocenters. The van der Waals surface area contributed by atoms with Crippen LogP contribution < -0.4 is 11.1 Å². The monoisotopic (exact) mass is 307 g/mol. The second kappa shape index (κ2) is 6.04. The van der Waals surface area contributed by atoms with E-state index in [1.54, 1.807) is 30.5 Å². The van der Waals surface area contributed by atoms with Crippen molar-refractivity contribution >= 4 is 16.8 Å². The Morgan fingerprint density at radius 2 is 2.14 bits per heavy atom. The minimum Gasteiger partial charge on any atom is -0.348 e. The van der Waals surface area contributed by atoms with Crippen LogP contribution in [0.4, 0.5) is 8.78 Å². The zero-order valence-electron chi connectivity index (χ0n) is 12.1. The lowest BCUT2D eigenvalue weighted by molar-refractivity contribution is 0.0933. The lowest BCUT2D eigenvalue weighted by Gasteiger charge is -2.16. The summed E-state index contributed by atoms with van der Waals surface area (Å²) < 4.78 is 26.6. The Morgan fingerprint density at radius 1 is 1.36 bits per heavy atom. The minimum atomic E-state index is -2.43. The van der Waals surface area contributed by atoms with Crippen LogP contribution in [0.2, 0.25) is 0 Å². The number of rotatable bonds is 6. The molecule has 118 valence electrons. The molecule has 3 N–H and O–H groups in total. The summed E-state index contributed by atoms with van der Waals surface area (Å²) in [5.41, 5.74) is 6.81. The lowest BCUT2D eigenvalue weighted by Crippen LogP contribution is -2.41. The van der Waals surface area contributed by atoms with Crippen LogP contribution in [-0.2, 0) is 6.54 Å². The second-order valence-electron chi connectivity index (χ2n) is 5.79. The second-order valence-corrected chi connectivity index (χ2v) is 5.79. The quantitative estimate of drug-likeness (QED) is 0.861. The molecule has 2 aromatic rings. The van der Waals surface area contributed by atoms with Gasteiger partial charge in [-0.3, -0.25) is 4.79 Å². The predicted molar refractivity (Wildman–Crippen MR) is 81.0 cm³/mol. The van der Waals surface area contributed by atoms with E-state index in [0.29, 0.717) is 23.5 Å². The van der Waals surface area contributed by atoms with Crippen molar-refractivity contribution in [1.29, 1.82) is 0 Å². The number of carbonyl (C=O) groups excluding carboxylic acids is 1. The minimum absolute atomic E-state index is 0.00366. The fraction of sp³-hybridized carbons (Fsp3) is 0.438. The Kier molecular flexibility index (Phi) is 4.11. The van der Waals surface area contributed by atoms with Crippen molar-refractivity contribution in [3.8, 4) is 0 Å². The molecule has 3 rings (SSSR count). The first-order valence-electron chi connectivity index (χ1n) is 7.46. The fourth-order valence-electron chi connectivity index (χ4n) is 2.75. The number of halogens is 2. The van der Waals surface area contributed by atoms with E-state index in [0.717, 1.165) is 18.2 Å². The number of carbonyl (C=O) groups is 1. The highest BCUT2D eigenvalue weighted by molar-refractivity contribution is 5.98. The molecule has 4 nitrogen and oxygen atoms in total. The molecule has 0 bridgehead atoms. The number of nitrogens with two attached hydrogens (primary N) is 1. The lowest BCUT2D eigenvalue weighted by atomic mass is 10.1. The molecule has 0 radical (unpaired) electrons. The number of fused-ring (bicyclic) bond motifs is 1. The van der Waals surface area contributed by atoms with Crippen molar-refractivity contribution in [2.75, 3.05) is 6.54 Å². The number of nitrogens with one attached hydrogen (secondary N) is 1. The molecule has 1 fully saturated rings. The van der Waals surface area contributed by atoms with Crippen LogP contribution in [0, 0.1) is 5.92 Å². The number of alkyl halides is 2. The molecule has 22 heavy (non-hydrogen) atoms. The summed E-state index contributed by atoms with van der Waals surface area (Å²) in [6.45, 7) is 0.0441. The van der Waals surface area contributed by atoms with Crippen LogP contribution in [-0.4, -0.2) is 29.5 Å². The van der Waals surface area contributed by atoms with E-state index in [1.807, 2.05) is 0 Å². The summed E-state index contributed by atoms with van der Waals surface area (Å²) in [6.07, 6.45) is 1.38. The molecule has 1 amide bonds. The van der Waals surface area contributed by atoms with E-state index in [1.165, 1.54) is 4.57 Å². The number of benzene rings is 1. The maximum absolute atomic E-state index is 12.6. The highest BCUT2D eigenvalue weighted by atomic mass is 19.3. The van der Waals surface area contributed by atoms with Crippen molar-refractivity contribution in [3.63, 3.8) is 0 Å². The Bertz CT molecular complexity index is 679. The topological polar surface area (TPSA) is 60.0 Å². The molecule has 1 aromatic carbocycles. The van der Waals surface area contributed by atoms with Gasteiger partial charge in [0.1, 0.15) is 0 Å². The zero-order valence-corrected chi connectivity index (χ0v) is 12.1. The smallest absolute Gasteiger partial charge is 0.256 e. The van der Waals surface area contributed by atoms with Gasteiger partial charge in [0.15, 0.2) is 0 Å². The number of hydrogen-bond donors (Lipinski definition) is 2. The first-order chi connectivity index (χ1) is 10.6. The highest BCUT2D eigenvalue weighted by Gasteiger charge is 2.31. The maximum Gasteiger partial charge on any atom is 0.256 e. The van der Waals surface area contributed by atoms with Crippen molar-refractivity contribution in [2.24, 2.45) is 11.7 Å².